The van der Waals surface area contributed by atoms with Crippen LogP contribution in [0.3, 0.4) is 0 Å². The van der Waals surface area contributed by atoms with Gasteiger partial charge in [0.1, 0.15) is 6.54 Å². The molecular weight excluding hydrogens is 350 g/mol. The van der Waals surface area contributed by atoms with Gasteiger partial charge in [0.05, 0.1) is 6.61 Å². The summed E-state index contributed by atoms with van der Waals surface area (Å²) in [7, 11) is 1.51. The molecule has 116 valence electrons. The number of rotatable bonds is 6. The van der Waals surface area contributed by atoms with E-state index in [2.05, 4.69) is 15.9 Å². The van der Waals surface area contributed by atoms with Crippen LogP contribution < -0.4 is 0 Å². The fourth-order valence-electron chi connectivity index (χ4n) is 2.24. The molecule has 0 spiro atoms. The van der Waals surface area contributed by atoms with Crippen molar-refractivity contribution >= 4 is 38.6 Å². The molecule has 22 heavy (non-hydrogen) atoms. The Labute approximate surface area is 136 Å². The van der Waals surface area contributed by atoms with Crippen LogP contribution in [0.1, 0.15) is 10.4 Å². The predicted octanol–water partition coefficient (Wildman–Crippen LogP) is 2.78. The third-order valence-corrected chi connectivity index (χ3v) is 3.69. The smallest absolute Gasteiger partial charge is 0.323 e. The number of carbonyl (C=O) groups is 2. The summed E-state index contributed by atoms with van der Waals surface area (Å²) in [4.78, 5) is 25.0. The number of carboxylic acid groups (broad SMARTS) is 1. The monoisotopic (exact) mass is 365 g/mol. The molecular formula is C16H16BrNO4. The fraction of sp³-hybridized carbons (Fsp3) is 0.250. The van der Waals surface area contributed by atoms with Gasteiger partial charge in [-0.2, -0.15) is 0 Å². The molecule has 0 aliphatic heterocycles. The number of methoxy groups -OCH3 is 1. The van der Waals surface area contributed by atoms with Gasteiger partial charge in [0.25, 0.3) is 5.91 Å². The second-order valence-electron chi connectivity index (χ2n) is 4.79. The van der Waals surface area contributed by atoms with Crippen LogP contribution in [-0.2, 0) is 9.53 Å². The second kappa shape index (κ2) is 7.38. The van der Waals surface area contributed by atoms with E-state index < -0.39 is 5.97 Å². The summed E-state index contributed by atoms with van der Waals surface area (Å²) >= 11 is 3.39. The van der Waals surface area contributed by atoms with Gasteiger partial charge in [-0.3, -0.25) is 9.59 Å². The minimum absolute atomic E-state index is 0.225. The zero-order chi connectivity index (χ0) is 16.1. The van der Waals surface area contributed by atoms with Crippen LogP contribution in [0.5, 0.6) is 0 Å². The van der Waals surface area contributed by atoms with E-state index in [1.54, 1.807) is 6.07 Å². The first-order valence-corrected chi connectivity index (χ1v) is 7.50. The van der Waals surface area contributed by atoms with Gasteiger partial charge in [-0.05, 0) is 22.9 Å². The number of hydrogen-bond donors (Lipinski definition) is 1. The minimum Gasteiger partial charge on any atom is -0.480 e. The first-order valence-electron chi connectivity index (χ1n) is 6.71. The number of carboxylic acids is 1. The summed E-state index contributed by atoms with van der Waals surface area (Å²) in [6.07, 6.45) is 0. The van der Waals surface area contributed by atoms with Crippen molar-refractivity contribution in [1.82, 2.24) is 4.90 Å². The van der Waals surface area contributed by atoms with Crippen LogP contribution in [0.25, 0.3) is 10.8 Å². The zero-order valence-corrected chi connectivity index (χ0v) is 13.7. The van der Waals surface area contributed by atoms with Gasteiger partial charge >= 0.3 is 5.97 Å². The normalized spacial score (nSPS) is 10.6. The molecule has 0 saturated heterocycles. The Hall–Kier alpha value is -1.92. The van der Waals surface area contributed by atoms with Gasteiger partial charge < -0.3 is 14.7 Å². The fourth-order valence-corrected chi connectivity index (χ4v) is 2.71. The van der Waals surface area contributed by atoms with E-state index in [0.29, 0.717) is 5.56 Å². The highest BCUT2D eigenvalue weighted by atomic mass is 79.9. The van der Waals surface area contributed by atoms with Gasteiger partial charge in [0.15, 0.2) is 0 Å². The number of carbonyl (C=O) groups excluding carboxylic acids is 1. The lowest BCUT2D eigenvalue weighted by atomic mass is 10.0. The van der Waals surface area contributed by atoms with E-state index in [4.69, 9.17) is 9.84 Å². The van der Waals surface area contributed by atoms with E-state index in [-0.39, 0.29) is 25.6 Å². The summed E-state index contributed by atoms with van der Waals surface area (Å²) in [5.74, 6) is -1.37. The summed E-state index contributed by atoms with van der Waals surface area (Å²) in [6.45, 7) is 0.149. The SMILES string of the molecule is COCCN(CC(=O)O)C(=O)c1cc(Br)cc2ccccc12. The van der Waals surface area contributed by atoms with Crippen molar-refractivity contribution in [3.05, 3.63) is 46.4 Å². The van der Waals surface area contributed by atoms with Crippen molar-refractivity contribution in [3.63, 3.8) is 0 Å². The molecule has 1 N–H and O–H groups in total. The Kier molecular flexibility index (Phi) is 5.51. The number of hydrogen-bond acceptors (Lipinski definition) is 3. The van der Waals surface area contributed by atoms with E-state index >= 15 is 0 Å². The van der Waals surface area contributed by atoms with Crippen molar-refractivity contribution < 1.29 is 19.4 Å². The van der Waals surface area contributed by atoms with Gasteiger partial charge in [0, 0.05) is 23.7 Å². The standard InChI is InChI=1S/C16H16BrNO4/c1-22-7-6-18(10-15(19)20)16(21)14-9-12(17)8-11-4-2-3-5-13(11)14/h2-5,8-9H,6-7,10H2,1H3,(H,19,20). The second-order valence-corrected chi connectivity index (χ2v) is 5.70. The van der Waals surface area contributed by atoms with Crippen molar-refractivity contribution in [2.24, 2.45) is 0 Å². The van der Waals surface area contributed by atoms with Crippen LogP contribution >= 0.6 is 15.9 Å². The molecule has 2 aromatic rings. The first kappa shape index (κ1) is 16.5. The van der Waals surface area contributed by atoms with Crippen molar-refractivity contribution in [2.75, 3.05) is 26.8 Å². The lowest BCUT2D eigenvalue weighted by molar-refractivity contribution is -0.137. The van der Waals surface area contributed by atoms with Crippen LogP contribution in [0.15, 0.2) is 40.9 Å². The highest BCUT2D eigenvalue weighted by Crippen LogP contribution is 2.25. The minimum atomic E-state index is -1.05. The molecule has 2 aromatic carbocycles. The quantitative estimate of drug-likeness (QED) is 0.854. The van der Waals surface area contributed by atoms with Gasteiger partial charge in [-0.1, -0.05) is 40.2 Å². The average molecular weight is 366 g/mol. The molecule has 0 aliphatic carbocycles. The van der Waals surface area contributed by atoms with Crippen molar-refractivity contribution in [3.8, 4) is 0 Å². The topological polar surface area (TPSA) is 66.8 Å². The highest BCUT2D eigenvalue weighted by molar-refractivity contribution is 9.10. The summed E-state index contributed by atoms with van der Waals surface area (Å²) < 4.78 is 5.73. The molecule has 0 saturated carbocycles. The van der Waals surface area contributed by atoms with E-state index in [1.807, 2.05) is 30.3 Å². The molecule has 1 amide bonds. The van der Waals surface area contributed by atoms with Crippen molar-refractivity contribution in [2.45, 2.75) is 0 Å². The molecule has 2 rings (SSSR count). The van der Waals surface area contributed by atoms with Crippen LogP contribution in [0.4, 0.5) is 0 Å². The van der Waals surface area contributed by atoms with Gasteiger partial charge in [-0.15, -0.1) is 0 Å². The molecule has 0 fully saturated rings. The predicted molar refractivity (Wildman–Crippen MR) is 87.1 cm³/mol. The number of fused-ring (bicyclic) bond motifs is 1. The zero-order valence-electron chi connectivity index (χ0n) is 12.1. The molecule has 5 nitrogen and oxygen atoms in total. The first-order chi connectivity index (χ1) is 10.5. The van der Waals surface area contributed by atoms with E-state index in [9.17, 15) is 9.59 Å². The molecule has 0 aliphatic rings. The lowest BCUT2D eigenvalue weighted by Gasteiger charge is -2.21. The average Bonchev–Trinajstić information content (AvgIpc) is 2.49. The summed E-state index contributed by atoms with van der Waals surface area (Å²) in [5, 5.41) is 10.7. The maximum absolute atomic E-state index is 12.7. The Morgan fingerprint density at radius 3 is 2.68 bits per heavy atom. The number of halogens is 1. The van der Waals surface area contributed by atoms with Crippen LogP contribution in [0, 0.1) is 0 Å². The van der Waals surface area contributed by atoms with Crippen LogP contribution in [0.2, 0.25) is 0 Å². The maximum Gasteiger partial charge on any atom is 0.323 e. The number of aliphatic carboxylic acids is 1. The molecule has 0 atom stereocenters. The third kappa shape index (κ3) is 3.84. The van der Waals surface area contributed by atoms with Gasteiger partial charge in [-0.25, -0.2) is 0 Å². The Morgan fingerprint density at radius 2 is 2.00 bits per heavy atom. The Balaban J connectivity index is 2.43. The number of amides is 1. The molecule has 0 bridgehead atoms. The number of ether oxygens (including phenoxy) is 1. The maximum atomic E-state index is 12.7. The molecule has 0 radical (unpaired) electrons. The number of nitrogens with zero attached hydrogens (tertiary/aromatic N) is 1. The lowest BCUT2D eigenvalue weighted by Crippen LogP contribution is -2.38. The third-order valence-electron chi connectivity index (χ3n) is 3.24. The summed E-state index contributed by atoms with van der Waals surface area (Å²) in [5.41, 5.74) is 0.474. The van der Waals surface area contributed by atoms with Gasteiger partial charge in [0.2, 0.25) is 0 Å². The molecule has 0 unspecified atom stereocenters. The van der Waals surface area contributed by atoms with E-state index in [1.165, 1.54) is 12.0 Å². The largest absolute Gasteiger partial charge is 0.480 e. The Morgan fingerprint density at radius 1 is 1.27 bits per heavy atom. The molecule has 0 aromatic heterocycles. The highest BCUT2D eigenvalue weighted by Gasteiger charge is 2.20. The van der Waals surface area contributed by atoms with Crippen LogP contribution in [-0.4, -0.2) is 48.7 Å². The summed E-state index contributed by atoms with van der Waals surface area (Å²) in [6, 6.07) is 11.1. The number of benzene rings is 2. The Bertz CT molecular complexity index is 702. The molecule has 0 heterocycles. The van der Waals surface area contributed by atoms with Crippen molar-refractivity contribution in [1.29, 1.82) is 0 Å². The molecule has 6 heteroatoms. The van der Waals surface area contributed by atoms with E-state index in [0.717, 1.165) is 15.2 Å².